The summed E-state index contributed by atoms with van der Waals surface area (Å²) in [5.74, 6) is 0.150. The lowest BCUT2D eigenvalue weighted by Gasteiger charge is -2.33. The number of nitrogens with one attached hydrogen (secondary N) is 1. The van der Waals surface area contributed by atoms with E-state index in [0.29, 0.717) is 25.9 Å². The third kappa shape index (κ3) is 4.64. The minimum absolute atomic E-state index is 0.0221. The SMILES string of the molecule is Cc1ccccc1C(NC(=O)C1CCN(S(=O)(=O)N(C)C)CC1)C(C)C. The van der Waals surface area contributed by atoms with E-state index in [-0.39, 0.29) is 23.8 Å². The maximum Gasteiger partial charge on any atom is 0.281 e. The Morgan fingerprint density at radius 1 is 1.19 bits per heavy atom. The fourth-order valence-electron chi connectivity index (χ4n) is 3.39. The van der Waals surface area contributed by atoms with Crippen LogP contribution in [0.3, 0.4) is 0 Å². The molecule has 1 fully saturated rings. The second-order valence-corrected chi connectivity index (χ2v) is 9.69. The number of rotatable bonds is 6. The van der Waals surface area contributed by atoms with E-state index < -0.39 is 10.2 Å². The maximum absolute atomic E-state index is 12.8. The van der Waals surface area contributed by atoms with Gasteiger partial charge in [-0.05, 0) is 36.8 Å². The van der Waals surface area contributed by atoms with Gasteiger partial charge in [-0.25, -0.2) is 0 Å². The molecular weight excluding hydrogens is 350 g/mol. The highest BCUT2D eigenvalue weighted by atomic mass is 32.2. The van der Waals surface area contributed by atoms with Crippen molar-refractivity contribution in [2.75, 3.05) is 27.2 Å². The van der Waals surface area contributed by atoms with E-state index in [1.54, 1.807) is 0 Å². The van der Waals surface area contributed by atoms with Crippen molar-refractivity contribution in [2.24, 2.45) is 11.8 Å². The molecule has 1 aromatic rings. The number of hydrogen-bond acceptors (Lipinski definition) is 3. The summed E-state index contributed by atoms with van der Waals surface area (Å²) in [5, 5.41) is 3.20. The fourth-order valence-corrected chi connectivity index (χ4v) is 4.52. The molecule has 0 saturated carbocycles. The number of carbonyl (C=O) groups excluding carboxylic acids is 1. The molecule has 0 aliphatic carbocycles. The van der Waals surface area contributed by atoms with Crippen molar-refractivity contribution in [3.8, 4) is 0 Å². The molecule has 1 aliphatic heterocycles. The van der Waals surface area contributed by atoms with Crippen LogP contribution >= 0.6 is 0 Å². The molecule has 146 valence electrons. The second-order valence-electron chi connectivity index (χ2n) is 7.55. The third-order valence-electron chi connectivity index (χ3n) is 5.10. The standard InChI is InChI=1S/C19H31N3O3S/c1-14(2)18(17-9-7-6-8-15(17)3)20-19(23)16-10-12-22(13-11-16)26(24,25)21(4)5/h6-9,14,16,18H,10-13H2,1-5H3,(H,20,23). The van der Waals surface area contributed by atoms with Crippen LogP contribution in [0, 0.1) is 18.8 Å². The highest BCUT2D eigenvalue weighted by Gasteiger charge is 2.33. The van der Waals surface area contributed by atoms with Crippen LogP contribution in [0.1, 0.15) is 43.9 Å². The van der Waals surface area contributed by atoms with Gasteiger partial charge in [-0.2, -0.15) is 17.0 Å². The molecule has 0 radical (unpaired) electrons. The van der Waals surface area contributed by atoms with Gasteiger partial charge in [-0.3, -0.25) is 4.79 Å². The zero-order valence-electron chi connectivity index (χ0n) is 16.4. The van der Waals surface area contributed by atoms with Gasteiger partial charge >= 0.3 is 0 Å². The predicted molar refractivity (Wildman–Crippen MR) is 104 cm³/mol. The van der Waals surface area contributed by atoms with Crippen LogP contribution in [-0.2, 0) is 15.0 Å². The highest BCUT2D eigenvalue weighted by molar-refractivity contribution is 7.86. The van der Waals surface area contributed by atoms with E-state index in [0.717, 1.165) is 5.56 Å². The number of amides is 1. The van der Waals surface area contributed by atoms with Gasteiger partial charge in [-0.15, -0.1) is 0 Å². The van der Waals surface area contributed by atoms with Crippen LogP contribution in [0.25, 0.3) is 0 Å². The Morgan fingerprint density at radius 3 is 2.27 bits per heavy atom. The van der Waals surface area contributed by atoms with Crippen molar-refractivity contribution in [2.45, 2.75) is 39.7 Å². The summed E-state index contributed by atoms with van der Waals surface area (Å²) in [6.45, 7) is 7.03. The molecule has 1 atom stereocenters. The quantitative estimate of drug-likeness (QED) is 0.822. The summed E-state index contributed by atoms with van der Waals surface area (Å²) in [6.07, 6.45) is 1.11. The van der Waals surface area contributed by atoms with E-state index in [4.69, 9.17) is 0 Å². The average molecular weight is 382 g/mol. The van der Waals surface area contributed by atoms with E-state index in [9.17, 15) is 13.2 Å². The number of aryl methyl sites for hydroxylation is 1. The van der Waals surface area contributed by atoms with Gasteiger partial charge in [0.25, 0.3) is 10.2 Å². The number of carbonyl (C=O) groups is 1. The summed E-state index contributed by atoms with van der Waals surface area (Å²) in [7, 11) is -0.337. The lowest BCUT2D eigenvalue weighted by molar-refractivity contribution is -0.127. The first-order valence-corrected chi connectivity index (χ1v) is 10.6. The molecule has 1 unspecified atom stereocenters. The molecule has 1 amide bonds. The Balaban J connectivity index is 2.03. The molecule has 6 nitrogen and oxygen atoms in total. The fraction of sp³-hybridized carbons (Fsp3) is 0.632. The van der Waals surface area contributed by atoms with Gasteiger partial charge < -0.3 is 5.32 Å². The summed E-state index contributed by atoms with van der Waals surface area (Å²) in [5.41, 5.74) is 2.31. The monoisotopic (exact) mass is 381 g/mol. The van der Waals surface area contributed by atoms with Gasteiger partial charge in [0.15, 0.2) is 0 Å². The third-order valence-corrected chi connectivity index (χ3v) is 7.04. The molecule has 1 aromatic carbocycles. The molecule has 7 heteroatoms. The first-order valence-electron chi connectivity index (χ1n) is 9.18. The van der Waals surface area contributed by atoms with Crippen molar-refractivity contribution in [1.29, 1.82) is 0 Å². The first-order chi connectivity index (χ1) is 12.1. The molecule has 0 aromatic heterocycles. The van der Waals surface area contributed by atoms with Crippen molar-refractivity contribution >= 4 is 16.1 Å². The number of hydrogen-bond donors (Lipinski definition) is 1. The Kier molecular flexibility index (Phi) is 6.82. The van der Waals surface area contributed by atoms with Gasteiger partial charge in [0.05, 0.1) is 6.04 Å². The minimum Gasteiger partial charge on any atom is -0.349 e. The molecule has 1 saturated heterocycles. The van der Waals surface area contributed by atoms with Crippen LogP contribution in [0.5, 0.6) is 0 Å². The van der Waals surface area contributed by atoms with E-state index in [1.807, 2.05) is 12.1 Å². The zero-order chi connectivity index (χ0) is 19.5. The van der Waals surface area contributed by atoms with E-state index >= 15 is 0 Å². The van der Waals surface area contributed by atoms with Gasteiger partial charge in [0, 0.05) is 33.1 Å². The van der Waals surface area contributed by atoms with E-state index in [1.165, 1.54) is 28.3 Å². The Morgan fingerprint density at radius 2 is 1.77 bits per heavy atom. The van der Waals surface area contributed by atoms with Crippen LogP contribution in [0.4, 0.5) is 0 Å². The molecule has 1 heterocycles. The van der Waals surface area contributed by atoms with Crippen LogP contribution in [0.2, 0.25) is 0 Å². The van der Waals surface area contributed by atoms with Crippen molar-refractivity contribution < 1.29 is 13.2 Å². The topological polar surface area (TPSA) is 69.7 Å². The Bertz CT molecular complexity index is 723. The van der Waals surface area contributed by atoms with Crippen LogP contribution < -0.4 is 5.32 Å². The van der Waals surface area contributed by atoms with Gasteiger partial charge in [-0.1, -0.05) is 38.1 Å². The molecule has 0 bridgehead atoms. The maximum atomic E-state index is 12.8. The zero-order valence-corrected chi connectivity index (χ0v) is 17.2. The highest BCUT2D eigenvalue weighted by Crippen LogP contribution is 2.27. The molecular formula is C19H31N3O3S. The summed E-state index contributed by atoms with van der Waals surface area (Å²) < 4.78 is 27.1. The number of piperidine rings is 1. The molecule has 1 N–H and O–H groups in total. The normalized spacial score (nSPS) is 18.3. The summed E-state index contributed by atoms with van der Waals surface area (Å²) in [6, 6.07) is 8.08. The van der Waals surface area contributed by atoms with Crippen molar-refractivity contribution in [3.63, 3.8) is 0 Å². The molecule has 1 aliphatic rings. The smallest absolute Gasteiger partial charge is 0.281 e. The predicted octanol–water partition coefficient (Wildman–Crippen LogP) is 2.33. The van der Waals surface area contributed by atoms with Crippen LogP contribution in [-0.4, -0.2) is 50.1 Å². The van der Waals surface area contributed by atoms with Gasteiger partial charge in [0.2, 0.25) is 5.91 Å². The Labute approximate surface area is 157 Å². The second kappa shape index (κ2) is 8.50. The minimum atomic E-state index is -3.40. The molecule has 2 rings (SSSR count). The molecule has 26 heavy (non-hydrogen) atoms. The van der Waals surface area contributed by atoms with E-state index in [2.05, 4.69) is 38.2 Å². The lowest BCUT2D eigenvalue weighted by atomic mass is 9.90. The number of benzene rings is 1. The first kappa shape index (κ1) is 20.9. The largest absolute Gasteiger partial charge is 0.349 e. The molecule has 0 spiro atoms. The Hall–Kier alpha value is -1.44. The lowest BCUT2D eigenvalue weighted by Crippen LogP contribution is -2.47. The summed E-state index contributed by atoms with van der Waals surface area (Å²) >= 11 is 0. The van der Waals surface area contributed by atoms with Gasteiger partial charge in [0.1, 0.15) is 0 Å². The van der Waals surface area contributed by atoms with Crippen molar-refractivity contribution in [1.82, 2.24) is 13.9 Å². The van der Waals surface area contributed by atoms with Crippen molar-refractivity contribution in [3.05, 3.63) is 35.4 Å². The van der Waals surface area contributed by atoms with Crippen LogP contribution in [0.15, 0.2) is 24.3 Å². The average Bonchev–Trinajstić information content (AvgIpc) is 2.60. The summed E-state index contributed by atoms with van der Waals surface area (Å²) in [4.78, 5) is 12.8. The number of nitrogens with zero attached hydrogens (tertiary/aromatic N) is 2.